The van der Waals surface area contributed by atoms with E-state index in [1.807, 2.05) is 6.92 Å². The number of rotatable bonds is 4. The minimum Gasteiger partial charge on any atom is -0.495 e. The van der Waals surface area contributed by atoms with E-state index in [1.165, 1.54) is 6.20 Å². The first-order valence-electron chi connectivity index (χ1n) is 7.51. The minimum atomic E-state index is -0.277. The zero-order valence-electron chi connectivity index (χ0n) is 13.4. The van der Waals surface area contributed by atoms with Crippen LogP contribution in [0.1, 0.15) is 28.9 Å². The van der Waals surface area contributed by atoms with Crippen molar-refractivity contribution in [2.75, 3.05) is 7.11 Å². The highest BCUT2D eigenvalue weighted by atomic mass is 16.5. The zero-order valence-corrected chi connectivity index (χ0v) is 13.4. The number of aromatic nitrogens is 2. The van der Waals surface area contributed by atoms with E-state index in [4.69, 9.17) is 4.74 Å². The number of carbonyl (C=O) groups is 1. The van der Waals surface area contributed by atoms with Gasteiger partial charge in [0.05, 0.1) is 24.9 Å². The molecule has 0 saturated heterocycles. The van der Waals surface area contributed by atoms with Crippen LogP contribution in [0.4, 0.5) is 0 Å². The number of nitrogens with zero attached hydrogens (tertiary/aromatic N) is 1. The Kier molecular flexibility index (Phi) is 4.29. The van der Waals surface area contributed by atoms with Crippen molar-refractivity contribution in [2.45, 2.75) is 13.0 Å². The summed E-state index contributed by atoms with van der Waals surface area (Å²) < 4.78 is 5.28. The highest BCUT2D eigenvalue weighted by Crippen LogP contribution is 2.24. The zero-order chi connectivity index (χ0) is 17.1. The van der Waals surface area contributed by atoms with Crippen LogP contribution in [-0.2, 0) is 0 Å². The third kappa shape index (κ3) is 2.86. The first-order chi connectivity index (χ1) is 11.6. The fraction of sp³-hybridized carbons (Fsp3) is 0.167. The molecule has 0 aliphatic rings. The third-order valence-corrected chi connectivity index (χ3v) is 3.90. The smallest absolute Gasteiger partial charge is 0.255 e. The van der Waals surface area contributed by atoms with Crippen LogP contribution in [0.5, 0.6) is 5.75 Å². The number of hydrogen-bond donors (Lipinski definition) is 2. The second-order valence-corrected chi connectivity index (χ2v) is 5.39. The predicted octanol–water partition coefficient (Wildman–Crippen LogP) is 2.42. The van der Waals surface area contributed by atoms with Gasteiger partial charge in [0.1, 0.15) is 5.75 Å². The van der Waals surface area contributed by atoms with E-state index in [1.54, 1.807) is 49.8 Å². The van der Waals surface area contributed by atoms with Gasteiger partial charge in [-0.1, -0.05) is 18.2 Å². The minimum absolute atomic E-state index is 0.217. The summed E-state index contributed by atoms with van der Waals surface area (Å²) in [6.45, 7) is 1.86. The highest BCUT2D eigenvalue weighted by Gasteiger charge is 2.17. The molecule has 0 saturated carbocycles. The number of carbonyl (C=O) groups excluding carboxylic acids is 1. The molecule has 0 fully saturated rings. The van der Waals surface area contributed by atoms with Crippen LogP contribution in [-0.4, -0.2) is 23.0 Å². The maximum absolute atomic E-state index is 12.7. The molecule has 6 nitrogen and oxygen atoms in total. The van der Waals surface area contributed by atoms with E-state index in [-0.39, 0.29) is 17.5 Å². The van der Waals surface area contributed by atoms with Gasteiger partial charge in [0.2, 0.25) is 0 Å². The maximum atomic E-state index is 12.7. The lowest BCUT2D eigenvalue weighted by Gasteiger charge is -2.17. The van der Waals surface area contributed by atoms with Crippen molar-refractivity contribution in [3.8, 4) is 5.75 Å². The number of aromatic amines is 1. The van der Waals surface area contributed by atoms with Gasteiger partial charge in [-0.15, -0.1) is 0 Å². The van der Waals surface area contributed by atoms with Crippen molar-refractivity contribution < 1.29 is 9.53 Å². The maximum Gasteiger partial charge on any atom is 0.255 e. The quantitative estimate of drug-likeness (QED) is 0.772. The van der Waals surface area contributed by atoms with Crippen LogP contribution in [0.15, 0.2) is 53.7 Å². The van der Waals surface area contributed by atoms with Crippen LogP contribution >= 0.6 is 0 Å². The standard InChI is InChI=1S/C18H17N3O3/c1-11(12-7-8-19-10-16(12)24-2)21-18(23)15-9-20-17(22)14-6-4-3-5-13(14)15/h3-11H,1-2H3,(H,20,22)(H,21,23)/t11-/m1/s1. The van der Waals surface area contributed by atoms with Crippen LogP contribution in [0.25, 0.3) is 10.8 Å². The molecule has 0 unspecified atom stereocenters. The lowest BCUT2D eigenvalue weighted by Crippen LogP contribution is -2.28. The first-order valence-corrected chi connectivity index (χ1v) is 7.51. The summed E-state index contributed by atoms with van der Waals surface area (Å²) in [5, 5.41) is 4.03. The van der Waals surface area contributed by atoms with Gasteiger partial charge in [0, 0.05) is 28.7 Å². The fourth-order valence-electron chi connectivity index (χ4n) is 2.67. The molecule has 3 rings (SSSR count). The predicted molar refractivity (Wildman–Crippen MR) is 91.2 cm³/mol. The second kappa shape index (κ2) is 6.54. The molecule has 0 aliphatic heterocycles. The van der Waals surface area contributed by atoms with Crippen molar-refractivity contribution in [1.82, 2.24) is 15.3 Å². The summed E-state index contributed by atoms with van der Waals surface area (Å²) in [5.74, 6) is 0.338. The van der Waals surface area contributed by atoms with Crippen molar-refractivity contribution >= 4 is 16.7 Å². The molecule has 0 spiro atoms. The number of hydrogen-bond acceptors (Lipinski definition) is 4. The number of amides is 1. The summed E-state index contributed by atoms with van der Waals surface area (Å²) in [6.07, 6.45) is 4.69. The lowest BCUT2D eigenvalue weighted by atomic mass is 10.1. The van der Waals surface area contributed by atoms with Gasteiger partial charge in [-0.2, -0.15) is 0 Å². The van der Waals surface area contributed by atoms with E-state index >= 15 is 0 Å². The van der Waals surface area contributed by atoms with Crippen molar-refractivity contribution in [3.63, 3.8) is 0 Å². The van der Waals surface area contributed by atoms with Crippen LogP contribution in [0, 0.1) is 0 Å². The Hall–Kier alpha value is -3.15. The molecule has 3 aromatic rings. The number of methoxy groups -OCH3 is 1. The van der Waals surface area contributed by atoms with E-state index < -0.39 is 0 Å². The Morgan fingerprint density at radius 2 is 2.00 bits per heavy atom. The number of nitrogens with one attached hydrogen (secondary N) is 2. The molecule has 2 N–H and O–H groups in total. The molecule has 122 valence electrons. The molecule has 1 atom stereocenters. The Balaban J connectivity index is 1.93. The molecule has 1 amide bonds. The third-order valence-electron chi connectivity index (χ3n) is 3.90. The monoisotopic (exact) mass is 323 g/mol. The lowest BCUT2D eigenvalue weighted by molar-refractivity contribution is 0.0941. The SMILES string of the molecule is COc1cnccc1[C@@H](C)NC(=O)c1c[nH]c(=O)c2ccccc12. The average molecular weight is 323 g/mol. The second-order valence-electron chi connectivity index (χ2n) is 5.39. The molecule has 0 radical (unpaired) electrons. The Labute approximate surface area is 138 Å². The Morgan fingerprint density at radius 3 is 2.75 bits per heavy atom. The van der Waals surface area contributed by atoms with E-state index in [0.29, 0.717) is 22.1 Å². The molecule has 6 heteroatoms. The topological polar surface area (TPSA) is 84.1 Å². The molecule has 24 heavy (non-hydrogen) atoms. The van der Waals surface area contributed by atoms with Gasteiger partial charge >= 0.3 is 0 Å². The van der Waals surface area contributed by atoms with Gasteiger partial charge in [0.25, 0.3) is 11.5 Å². The van der Waals surface area contributed by atoms with Gasteiger partial charge in [-0.05, 0) is 19.1 Å². The summed E-state index contributed by atoms with van der Waals surface area (Å²) in [4.78, 5) is 31.2. The number of H-pyrrole nitrogens is 1. The number of benzene rings is 1. The summed E-state index contributed by atoms with van der Waals surface area (Å²) in [5.41, 5.74) is 1.03. The largest absolute Gasteiger partial charge is 0.495 e. The molecule has 2 aromatic heterocycles. The van der Waals surface area contributed by atoms with E-state index in [0.717, 1.165) is 5.56 Å². The van der Waals surface area contributed by atoms with Gasteiger partial charge in [0.15, 0.2) is 0 Å². The molecule has 0 bridgehead atoms. The molecule has 2 heterocycles. The van der Waals surface area contributed by atoms with Gasteiger partial charge in [-0.25, -0.2) is 0 Å². The Bertz CT molecular complexity index is 949. The van der Waals surface area contributed by atoms with Crippen molar-refractivity contribution in [2.24, 2.45) is 0 Å². The van der Waals surface area contributed by atoms with Crippen LogP contribution in [0.3, 0.4) is 0 Å². The molecular weight excluding hydrogens is 306 g/mol. The molecular formula is C18H17N3O3. The number of ether oxygens (including phenoxy) is 1. The summed E-state index contributed by atoms with van der Waals surface area (Å²) >= 11 is 0. The summed E-state index contributed by atoms with van der Waals surface area (Å²) in [7, 11) is 1.56. The highest BCUT2D eigenvalue weighted by molar-refractivity contribution is 6.06. The van der Waals surface area contributed by atoms with Crippen molar-refractivity contribution in [1.29, 1.82) is 0 Å². The number of fused-ring (bicyclic) bond motifs is 1. The normalized spacial score (nSPS) is 11.9. The van der Waals surface area contributed by atoms with Crippen LogP contribution in [0.2, 0.25) is 0 Å². The van der Waals surface area contributed by atoms with E-state index in [2.05, 4.69) is 15.3 Å². The fourth-order valence-corrected chi connectivity index (χ4v) is 2.67. The van der Waals surface area contributed by atoms with Gasteiger partial charge in [-0.3, -0.25) is 14.6 Å². The average Bonchev–Trinajstić information content (AvgIpc) is 2.62. The van der Waals surface area contributed by atoms with Crippen molar-refractivity contribution in [3.05, 3.63) is 70.4 Å². The molecule has 0 aliphatic carbocycles. The van der Waals surface area contributed by atoms with E-state index in [9.17, 15) is 9.59 Å². The number of pyridine rings is 2. The van der Waals surface area contributed by atoms with Gasteiger partial charge < -0.3 is 15.0 Å². The van der Waals surface area contributed by atoms with Crippen LogP contribution < -0.4 is 15.6 Å². The summed E-state index contributed by atoms with van der Waals surface area (Å²) in [6, 6.07) is 8.55. The first kappa shape index (κ1) is 15.7. The molecule has 1 aromatic carbocycles. The Morgan fingerprint density at radius 1 is 1.25 bits per heavy atom.